The number of fused-ring (bicyclic) bond motifs is 20. The number of aromatic nitrogens is 8. The van der Waals surface area contributed by atoms with E-state index in [1.165, 1.54) is 0 Å². The Bertz CT molecular complexity index is 4140. The van der Waals surface area contributed by atoms with Crippen molar-refractivity contribution in [3.63, 3.8) is 0 Å². The second-order valence-electron chi connectivity index (χ2n) is 18.0. The topological polar surface area (TPSA) is 98.1 Å². The highest BCUT2D eigenvalue weighted by molar-refractivity contribution is 6.09. The first-order chi connectivity index (χ1) is 35.3. The normalized spacial score (nSPS) is 11.8. The summed E-state index contributed by atoms with van der Waals surface area (Å²) >= 11 is 0. The molecule has 3 aromatic heterocycles. The van der Waals surface area contributed by atoms with Crippen LogP contribution in [-0.4, -0.2) is 39.5 Å². The Morgan fingerprint density at radius 2 is 0.819 bits per heavy atom. The van der Waals surface area contributed by atoms with Gasteiger partial charge in [0.25, 0.3) is 0 Å². The number of halogens is 4. The minimum atomic E-state index is -1.70. The summed E-state index contributed by atoms with van der Waals surface area (Å²) in [5.74, 6) is -4.97. The van der Waals surface area contributed by atoms with Crippen molar-refractivity contribution in [1.29, 1.82) is 0 Å². The summed E-state index contributed by atoms with van der Waals surface area (Å²) < 4.78 is 68.2. The maximum Gasteiger partial charge on any atom is 0.195 e. The Morgan fingerprint density at radius 3 is 1.40 bits per heavy atom. The second kappa shape index (κ2) is 17.4. The Labute approximate surface area is 409 Å². The molecule has 2 aliphatic rings. The minimum absolute atomic E-state index is 0.0562. The van der Waals surface area contributed by atoms with Gasteiger partial charge in [-0.1, -0.05) is 170 Å². The molecular formula is C60H38F4N8. The van der Waals surface area contributed by atoms with E-state index in [2.05, 4.69) is 4.98 Å². The molecule has 8 bridgehead atoms. The lowest BCUT2D eigenvalue weighted by atomic mass is 9.85. The van der Waals surface area contributed by atoms with E-state index in [4.69, 9.17) is 29.9 Å². The molecule has 0 saturated carbocycles. The van der Waals surface area contributed by atoms with Crippen LogP contribution >= 0.6 is 0 Å². The molecule has 2 aliphatic heterocycles. The van der Waals surface area contributed by atoms with Gasteiger partial charge in [-0.25, -0.2) is 47.5 Å². The average molecular weight is 947 g/mol. The van der Waals surface area contributed by atoms with Crippen molar-refractivity contribution in [2.45, 2.75) is 25.8 Å². The number of aromatic amines is 1. The molecule has 8 nitrogen and oxygen atoms in total. The number of benzene rings is 8. The number of hydrogen-bond donors (Lipinski definition) is 1. The molecule has 0 aliphatic carbocycles. The summed E-state index contributed by atoms with van der Waals surface area (Å²) in [5, 5.41) is 1.89. The summed E-state index contributed by atoms with van der Waals surface area (Å²) in [6.45, 7) is 0.283. The van der Waals surface area contributed by atoms with Gasteiger partial charge in [0.05, 0.1) is 17.5 Å². The Balaban J connectivity index is 1.24. The van der Waals surface area contributed by atoms with Crippen molar-refractivity contribution in [1.82, 2.24) is 39.5 Å². The van der Waals surface area contributed by atoms with Gasteiger partial charge >= 0.3 is 0 Å². The molecule has 11 aromatic rings. The van der Waals surface area contributed by atoms with Gasteiger partial charge in [-0.3, -0.25) is 0 Å². The minimum Gasteiger partial charge on any atom is -0.324 e. The first-order valence-electron chi connectivity index (χ1n) is 23.6. The Kier molecular flexibility index (Phi) is 10.3. The van der Waals surface area contributed by atoms with Crippen molar-refractivity contribution in [3.05, 3.63) is 238 Å². The van der Waals surface area contributed by atoms with Gasteiger partial charge in [0, 0.05) is 39.3 Å². The fraction of sp³-hybridized carbons (Fsp3) is 0.0667. The number of nitrogens with zero attached hydrogens (tertiary/aromatic N) is 7. The fourth-order valence-corrected chi connectivity index (χ4v) is 10.2. The molecule has 0 fully saturated rings. The van der Waals surface area contributed by atoms with Crippen LogP contribution in [0.4, 0.5) is 17.6 Å². The van der Waals surface area contributed by atoms with Crippen molar-refractivity contribution >= 4 is 44.1 Å². The van der Waals surface area contributed by atoms with Crippen LogP contribution in [0.2, 0.25) is 0 Å². The van der Waals surface area contributed by atoms with Crippen molar-refractivity contribution in [2.75, 3.05) is 0 Å². The monoisotopic (exact) mass is 946 g/mol. The predicted molar refractivity (Wildman–Crippen MR) is 273 cm³/mol. The van der Waals surface area contributed by atoms with Crippen molar-refractivity contribution in [3.8, 4) is 45.6 Å². The lowest BCUT2D eigenvalue weighted by Gasteiger charge is -2.19. The molecule has 0 atom stereocenters. The average Bonchev–Trinajstić information content (AvgIpc) is 4.13. The predicted octanol–water partition coefficient (Wildman–Crippen LogP) is 13.7. The fourth-order valence-electron chi connectivity index (χ4n) is 10.2. The number of nitrogens with one attached hydrogen (secondary N) is 1. The number of rotatable bonds is 8. The van der Waals surface area contributed by atoms with Crippen molar-refractivity contribution < 1.29 is 17.6 Å². The summed E-state index contributed by atoms with van der Waals surface area (Å²) in [4.78, 5) is 34.0. The first-order valence-corrected chi connectivity index (χ1v) is 23.6. The maximum atomic E-state index is 18.6. The van der Waals surface area contributed by atoms with Crippen LogP contribution in [0.1, 0.15) is 38.9 Å². The molecule has 0 radical (unpaired) electrons. The molecule has 12 heteroatoms. The van der Waals surface area contributed by atoms with E-state index in [1.807, 2.05) is 174 Å². The van der Waals surface area contributed by atoms with E-state index in [1.54, 1.807) is 0 Å². The van der Waals surface area contributed by atoms with Crippen LogP contribution in [0.3, 0.4) is 0 Å². The van der Waals surface area contributed by atoms with Gasteiger partial charge in [0.1, 0.15) is 28.4 Å². The summed E-state index contributed by atoms with van der Waals surface area (Å²) in [7, 11) is 0. The Morgan fingerprint density at radius 1 is 0.375 bits per heavy atom. The zero-order chi connectivity index (χ0) is 48.5. The van der Waals surface area contributed by atoms with E-state index in [0.717, 1.165) is 50.4 Å². The van der Waals surface area contributed by atoms with E-state index >= 15 is 17.6 Å². The molecule has 346 valence electrons. The lowest BCUT2D eigenvalue weighted by Crippen LogP contribution is -2.08. The summed E-state index contributed by atoms with van der Waals surface area (Å²) in [5.41, 5.74) is 7.66. The summed E-state index contributed by atoms with van der Waals surface area (Å²) in [6, 6.07) is 55.4. The molecule has 8 aromatic carbocycles. The Hall–Kier alpha value is -9.16. The standard InChI is InChI=1S/C60H38F4N8/c61-46-32-45-48(52(64)51(46)63)57-67-55(45)71-60-41-28-16-15-27-40(41)59(72(60)33-37-23-11-4-12-24-37)70-54-39-26-14-13-25-38(39)53(65-54)66-56-47-43(30-35-19-7-2-8-20-35)42(29-34-17-5-1-6-18-34)44(31-36-21-9-3-10-22-36)50(62)49(47)58(68-56)69-57/h1-28,32H,29-31,33H2,(H,65,66,67,68,69,70,71). The SMILES string of the molecule is Fc1cc2c(c(F)c1F)-c1nc-2nc2c3ccccc3c(nc3nc(nc4[nH]c(n1)c1c(F)c(Cc5ccccc5)c(Cc5ccccc5)c(Cc5ccccc5)c41)-c1ccccc1-3)n2Cc1ccccc1. The van der Waals surface area contributed by atoms with Gasteiger partial charge in [-0.05, 0) is 57.9 Å². The highest BCUT2D eigenvalue weighted by Gasteiger charge is 2.31. The van der Waals surface area contributed by atoms with E-state index in [0.29, 0.717) is 57.7 Å². The van der Waals surface area contributed by atoms with E-state index < -0.39 is 28.8 Å². The highest BCUT2D eigenvalue weighted by atomic mass is 19.2. The van der Waals surface area contributed by atoms with Crippen LogP contribution in [0.15, 0.2) is 176 Å². The van der Waals surface area contributed by atoms with Crippen LogP contribution in [0.25, 0.3) is 89.7 Å². The third kappa shape index (κ3) is 7.29. The molecule has 0 amide bonds. The van der Waals surface area contributed by atoms with Gasteiger partial charge in [0.2, 0.25) is 0 Å². The molecule has 72 heavy (non-hydrogen) atoms. The van der Waals surface area contributed by atoms with E-state index in [-0.39, 0.29) is 46.9 Å². The van der Waals surface area contributed by atoms with Crippen LogP contribution < -0.4 is 0 Å². The van der Waals surface area contributed by atoms with Gasteiger partial charge in [0.15, 0.2) is 40.7 Å². The highest BCUT2D eigenvalue weighted by Crippen LogP contribution is 2.43. The lowest BCUT2D eigenvalue weighted by molar-refractivity contribution is 0.449. The molecule has 0 saturated heterocycles. The molecular weight excluding hydrogens is 909 g/mol. The second-order valence-corrected chi connectivity index (χ2v) is 18.0. The maximum absolute atomic E-state index is 18.6. The third-order valence-electron chi connectivity index (χ3n) is 13.6. The van der Waals surface area contributed by atoms with Crippen LogP contribution in [-0.2, 0) is 25.8 Å². The van der Waals surface area contributed by atoms with Crippen LogP contribution in [0, 0.1) is 23.3 Å². The molecule has 5 heterocycles. The van der Waals surface area contributed by atoms with Gasteiger partial charge in [-0.2, -0.15) is 0 Å². The number of hydrogen-bond acceptors (Lipinski definition) is 6. The zero-order valence-electron chi connectivity index (χ0n) is 38.2. The van der Waals surface area contributed by atoms with Gasteiger partial charge < -0.3 is 9.55 Å². The molecule has 1 N–H and O–H groups in total. The molecule has 0 unspecified atom stereocenters. The first kappa shape index (κ1) is 42.9. The zero-order valence-corrected chi connectivity index (χ0v) is 38.2. The van der Waals surface area contributed by atoms with Crippen LogP contribution in [0.5, 0.6) is 0 Å². The smallest absolute Gasteiger partial charge is 0.195 e. The molecule has 0 spiro atoms. The summed E-state index contributed by atoms with van der Waals surface area (Å²) in [6.07, 6.45) is 0.968. The van der Waals surface area contributed by atoms with Crippen molar-refractivity contribution in [2.24, 2.45) is 0 Å². The molecule has 13 rings (SSSR count). The quantitative estimate of drug-likeness (QED) is 0.120. The van der Waals surface area contributed by atoms with E-state index in [9.17, 15) is 0 Å². The van der Waals surface area contributed by atoms with Gasteiger partial charge in [-0.15, -0.1) is 0 Å². The number of H-pyrrole nitrogens is 1. The largest absolute Gasteiger partial charge is 0.324 e. The third-order valence-corrected chi connectivity index (χ3v) is 13.6.